The molecular formula is C22H32FN5O2. The monoisotopic (exact) mass is 417 g/mol. The van der Waals surface area contributed by atoms with E-state index in [1.165, 1.54) is 6.07 Å². The van der Waals surface area contributed by atoms with Crippen LogP contribution in [-0.4, -0.2) is 78.5 Å². The smallest absolute Gasteiger partial charge is 0.318 e. The summed E-state index contributed by atoms with van der Waals surface area (Å²) >= 11 is 0. The van der Waals surface area contributed by atoms with Crippen LogP contribution in [0.3, 0.4) is 0 Å². The first-order chi connectivity index (χ1) is 14.5. The van der Waals surface area contributed by atoms with Crippen LogP contribution < -0.4 is 9.64 Å². The minimum atomic E-state index is -0.386. The molecule has 0 aliphatic carbocycles. The topological polar surface area (TPSA) is 57.9 Å². The average molecular weight is 418 g/mol. The summed E-state index contributed by atoms with van der Waals surface area (Å²) in [5.41, 5.74) is 1.00. The van der Waals surface area contributed by atoms with Gasteiger partial charge in [-0.15, -0.1) is 5.10 Å². The SMILES string of the molecule is COc1cc(-c2nnc(N3CCC(N4CCN(C(C)C)CC4)CC3)o2)c(F)cc1C. The fourth-order valence-corrected chi connectivity index (χ4v) is 4.53. The van der Waals surface area contributed by atoms with Crippen molar-refractivity contribution in [3.8, 4) is 17.2 Å². The number of aromatic nitrogens is 2. The molecule has 7 nitrogen and oxygen atoms in total. The van der Waals surface area contributed by atoms with E-state index in [2.05, 4.69) is 38.7 Å². The zero-order chi connectivity index (χ0) is 21.3. The number of piperidine rings is 1. The van der Waals surface area contributed by atoms with Crippen molar-refractivity contribution in [2.24, 2.45) is 0 Å². The Morgan fingerprint density at radius 2 is 1.77 bits per heavy atom. The Balaban J connectivity index is 1.37. The van der Waals surface area contributed by atoms with Crippen molar-refractivity contribution in [3.63, 3.8) is 0 Å². The van der Waals surface area contributed by atoms with Crippen LogP contribution in [0.5, 0.6) is 5.75 Å². The molecule has 1 aromatic carbocycles. The fraction of sp³-hybridized carbons (Fsp3) is 0.636. The summed E-state index contributed by atoms with van der Waals surface area (Å²) in [4.78, 5) is 7.29. The van der Waals surface area contributed by atoms with E-state index in [1.54, 1.807) is 20.1 Å². The summed E-state index contributed by atoms with van der Waals surface area (Å²) in [6.45, 7) is 12.7. The number of rotatable bonds is 5. The first-order valence-corrected chi connectivity index (χ1v) is 10.9. The third-order valence-electron chi connectivity index (χ3n) is 6.46. The van der Waals surface area contributed by atoms with E-state index in [0.717, 1.165) is 57.7 Å². The van der Waals surface area contributed by atoms with E-state index >= 15 is 0 Å². The highest BCUT2D eigenvalue weighted by molar-refractivity contribution is 5.59. The van der Waals surface area contributed by atoms with Gasteiger partial charge in [-0.3, -0.25) is 9.80 Å². The number of benzene rings is 1. The van der Waals surface area contributed by atoms with Crippen LogP contribution >= 0.6 is 0 Å². The van der Waals surface area contributed by atoms with E-state index in [1.807, 2.05) is 0 Å². The van der Waals surface area contributed by atoms with Gasteiger partial charge in [-0.2, -0.15) is 0 Å². The number of halogens is 1. The lowest BCUT2D eigenvalue weighted by atomic mass is 10.0. The van der Waals surface area contributed by atoms with Gasteiger partial charge in [0.2, 0.25) is 0 Å². The van der Waals surface area contributed by atoms with Crippen LogP contribution in [0, 0.1) is 12.7 Å². The van der Waals surface area contributed by atoms with Crippen molar-refractivity contribution in [3.05, 3.63) is 23.5 Å². The van der Waals surface area contributed by atoms with Gasteiger partial charge >= 0.3 is 6.01 Å². The number of hydrogen-bond acceptors (Lipinski definition) is 7. The highest BCUT2D eigenvalue weighted by atomic mass is 19.1. The predicted molar refractivity (Wildman–Crippen MR) is 114 cm³/mol. The number of nitrogens with zero attached hydrogens (tertiary/aromatic N) is 5. The molecule has 3 heterocycles. The van der Waals surface area contributed by atoms with Gasteiger partial charge in [0.15, 0.2) is 0 Å². The molecule has 2 fully saturated rings. The summed E-state index contributed by atoms with van der Waals surface area (Å²) < 4.78 is 25.6. The maximum Gasteiger partial charge on any atom is 0.318 e. The predicted octanol–water partition coefficient (Wildman–Crippen LogP) is 3.19. The second-order valence-corrected chi connectivity index (χ2v) is 8.58. The third kappa shape index (κ3) is 4.30. The van der Waals surface area contributed by atoms with Gasteiger partial charge in [0.25, 0.3) is 5.89 Å². The molecule has 0 radical (unpaired) electrons. The zero-order valence-corrected chi connectivity index (χ0v) is 18.4. The van der Waals surface area contributed by atoms with Crippen LogP contribution in [0.25, 0.3) is 11.5 Å². The first-order valence-electron chi connectivity index (χ1n) is 10.9. The summed E-state index contributed by atoms with van der Waals surface area (Å²) in [5.74, 6) is 0.403. The quantitative estimate of drug-likeness (QED) is 0.740. The van der Waals surface area contributed by atoms with Crippen molar-refractivity contribution >= 4 is 6.01 Å². The van der Waals surface area contributed by atoms with Gasteiger partial charge in [0.05, 0.1) is 12.7 Å². The van der Waals surface area contributed by atoms with Gasteiger partial charge in [-0.1, -0.05) is 5.10 Å². The molecular weight excluding hydrogens is 385 g/mol. The normalized spacial score (nSPS) is 19.6. The Bertz CT molecular complexity index is 855. The molecule has 8 heteroatoms. The van der Waals surface area contributed by atoms with Crippen LogP contribution in [0.4, 0.5) is 10.4 Å². The number of ether oxygens (including phenoxy) is 1. The van der Waals surface area contributed by atoms with E-state index in [0.29, 0.717) is 23.8 Å². The molecule has 2 saturated heterocycles. The van der Waals surface area contributed by atoms with Crippen LogP contribution in [0.15, 0.2) is 16.5 Å². The summed E-state index contributed by atoms with van der Waals surface area (Å²) in [6, 6.07) is 4.75. The lowest BCUT2D eigenvalue weighted by molar-refractivity contribution is 0.0689. The lowest BCUT2D eigenvalue weighted by Gasteiger charge is -2.43. The Morgan fingerprint density at radius 3 is 2.40 bits per heavy atom. The Morgan fingerprint density at radius 1 is 1.07 bits per heavy atom. The molecule has 2 aliphatic rings. The molecule has 0 atom stereocenters. The van der Waals surface area contributed by atoms with Crippen molar-refractivity contribution in [2.75, 3.05) is 51.3 Å². The van der Waals surface area contributed by atoms with E-state index in [4.69, 9.17) is 9.15 Å². The van der Waals surface area contributed by atoms with Crippen LogP contribution in [0.1, 0.15) is 32.3 Å². The summed E-state index contributed by atoms with van der Waals surface area (Å²) in [6.07, 6.45) is 2.15. The molecule has 30 heavy (non-hydrogen) atoms. The highest BCUT2D eigenvalue weighted by Crippen LogP contribution is 2.31. The number of anilines is 1. The highest BCUT2D eigenvalue weighted by Gasteiger charge is 2.30. The maximum atomic E-state index is 14.4. The number of aryl methyl sites for hydroxylation is 1. The molecule has 0 spiro atoms. The largest absolute Gasteiger partial charge is 0.496 e. The summed E-state index contributed by atoms with van der Waals surface area (Å²) in [7, 11) is 1.57. The molecule has 0 bridgehead atoms. The van der Waals surface area contributed by atoms with Gasteiger partial charge < -0.3 is 14.1 Å². The molecule has 4 rings (SSSR count). The van der Waals surface area contributed by atoms with Crippen molar-refractivity contribution < 1.29 is 13.5 Å². The Hall–Kier alpha value is -2.19. The van der Waals surface area contributed by atoms with Crippen LogP contribution in [0.2, 0.25) is 0 Å². The molecule has 2 aromatic rings. The van der Waals surface area contributed by atoms with Gasteiger partial charge in [0, 0.05) is 51.4 Å². The maximum absolute atomic E-state index is 14.4. The summed E-state index contributed by atoms with van der Waals surface area (Å²) in [5, 5.41) is 8.28. The third-order valence-corrected chi connectivity index (χ3v) is 6.46. The standard InChI is InChI=1S/C22H32FN5O2/c1-15(2)26-9-11-27(12-10-26)17-5-7-28(8-6-17)22-25-24-21(30-22)18-14-20(29-4)16(3)13-19(18)23/h13-15,17H,5-12H2,1-4H3. The van der Waals surface area contributed by atoms with Gasteiger partial charge in [-0.05, 0) is 51.3 Å². The first kappa shape index (κ1) is 21.1. The minimum absolute atomic E-state index is 0.188. The molecule has 2 aliphatic heterocycles. The molecule has 0 unspecified atom stereocenters. The number of methoxy groups -OCH3 is 1. The van der Waals surface area contributed by atoms with Crippen molar-refractivity contribution in [2.45, 2.75) is 45.7 Å². The molecule has 1 aromatic heterocycles. The van der Waals surface area contributed by atoms with E-state index in [-0.39, 0.29) is 17.3 Å². The average Bonchev–Trinajstić information content (AvgIpc) is 3.24. The molecule has 0 saturated carbocycles. The van der Waals surface area contributed by atoms with E-state index < -0.39 is 0 Å². The Labute approximate surface area is 177 Å². The van der Waals surface area contributed by atoms with Gasteiger partial charge in [0.1, 0.15) is 11.6 Å². The van der Waals surface area contributed by atoms with Gasteiger partial charge in [-0.25, -0.2) is 4.39 Å². The number of hydrogen-bond donors (Lipinski definition) is 0. The molecule has 0 amide bonds. The second kappa shape index (κ2) is 8.89. The Kier molecular flexibility index (Phi) is 6.24. The minimum Gasteiger partial charge on any atom is -0.496 e. The number of piperazine rings is 1. The zero-order valence-electron chi connectivity index (χ0n) is 18.4. The second-order valence-electron chi connectivity index (χ2n) is 8.58. The van der Waals surface area contributed by atoms with Crippen LogP contribution in [-0.2, 0) is 0 Å². The fourth-order valence-electron chi connectivity index (χ4n) is 4.53. The van der Waals surface area contributed by atoms with Crippen molar-refractivity contribution in [1.29, 1.82) is 0 Å². The lowest BCUT2D eigenvalue weighted by Crippen LogP contribution is -2.54. The van der Waals surface area contributed by atoms with Crippen molar-refractivity contribution in [1.82, 2.24) is 20.0 Å². The molecule has 0 N–H and O–H groups in total. The van der Waals surface area contributed by atoms with E-state index in [9.17, 15) is 4.39 Å². The molecule has 164 valence electrons.